The molecule has 2 heterocycles. The predicted molar refractivity (Wildman–Crippen MR) is 66.1 cm³/mol. The van der Waals surface area contributed by atoms with Gasteiger partial charge in [0, 0.05) is 25.0 Å². The highest BCUT2D eigenvalue weighted by Gasteiger charge is 2.13. The minimum absolute atomic E-state index is 0.104. The first-order valence-electron chi connectivity index (χ1n) is 6.24. The largest absolute Gasteiger partial charge is 0.323 e. The molecule has 3 nitrogen and oxygen atoms in total. The predicted octanol–water partition coefficient (Wildman–Crippen LogP) is 1.96. The average molecular weight is 219 g/mol. The molecule has 0 bridgehead atoms. The fourth-order valence-electron chi connectivity index (χ4n) is 2.30. The fraction of sp³-hybridized carbons (Fsp3) is 0.615. The lowest BCUT2D eigenvalue weighted by molar-refractivity contribution is 0.267. The van der Waals surface area contributed by atoms with Crippen molar-refractivity contribution in [3.05, 3.63) is 30.1 Å². The Bertz CT molecular complexity index is 291. The Morgan fingerprint density at radius 1 is 1.25 bits per heavy atom. The van der Waals surface area contributed by atoms with Gasteiger partial charge in [0.15, 0.2) is 0 Å². The number of rotatable bonds is 3. The molecule has 0 aliphatic carbocycles. The van der Waals surface area contributed by atoms with E-state index in [-0.39, 0.29) is 6.04 Å². The zero-order chi connectivity index (χ0) is 11.2. The summed E-state index contributed by atoms with van der Waals surface area (Å²) in [6.45, 7) is 3.37. The van der Waals surface area contributed by atoms with E-state index in [1.807, 2.05) is 12.3 Å². The lowest BCUT2D eigenvalue weighted by Gasteiger charge is -2.23. The first kappa shape index (κ1) is 11.6. The Labute approximate surface area is 97.7 Å². The fourth-order valence-corrected chi connectivity index (χ4v) is 2.30. The van der Waals surface area contributed by atoms with Crippen LogP contribution in [0.25, 0.3) is 0 Å². The highest BCUT2D eigenvalue weighted by atomic mass is 15.1. The summed E-state index contributed by atoms with van der Waals surface area (Å²) in [7, 11) is 0. The minimum atomic E-state index is 0.104. The molecule has 0 aromatic carbocycles. The van der Waals surface area contributed by atoms with Gasteiger partial charge >= 0.3 is 0 Å². The van der Waals surface area contributed by atoms with E-state index in [2.05, 4.69) is 16.0 Å². The molecule has 1 aromatic heterocycles. The molecule has 1 aromatic rings. The molecule has 16 heavy (non-hydrogen) atoms. The summed E-state index contributed by atoms with van der Waals surface area (Å²) in [5.41, 5.74) is 7.34. The van der Waals surface area contributed by atoms with Gasteiger partial charge in [0.2, 0.25) is 0 Å². The molecule has 1 unspecified atom stereocenters. The van der Waals surface area contributed by atoms with E-state index in [1.54, 1.807) is 6.20 Å². The normalized spacial score (nSPS) is 20.3. The van der Waals surface area contributed by atoms with Gasteiger partial charge < -0.3 is 10.6 Å². The van der Waals surface area contributed by atoms with E-state index in [9.17, 15) is 0 Å². The van der Waals surface area contributed by atoms with Crippen LogP contribution in [-0.4, -0.2) is 29.5 Å². The quantitative estimate of drug-likeness (QED) is 0.845. The average Bonchev–Trinajstić information content (AvgIpc) is 2.59. The summed E-state index contributed by atoms with van der Waals surface area (Å²) >= 11 is 0. The summed E-state index contributed by atoms with van der Waals surface area (Å²) < 4.78 is 0. The molecule has 1 aliphatic heterocycles. The number of aromatic nitrogens is 1. The number of hydrogen-bond donors (Lipinski definition) is 1. The Kier molecular flexibility index (Phi) is 4.31. The monoisotopic (exact) mass is 219 g/mol. The van der Waals surface area contributed by atoms with Crippen molar-refractivity contribution in [2.75, 3.05) is 19.6 Å². The van der Waals surface area contributed by atoms with Gasteiger partial charge in [0.25, 0.3) is 0 Å². The van der Waals surface area contributed by atoms with Crippen LogP contribution in [-0.2, 0) is 0 Å². The van der Waals surface area contributed by atoms with Crippen molar-refractivity contribution in [1.29, 1.82) is 0 Å². The maximum atomic E-state index is 6.20. The van der Waals surface area contributed by atoms with Crippen LogP contribution in [0.4, 0.5) is 0 Å². The Balaban J connectivity index is 1.88. The lowest BCUT2D eigenvalue weighted by atomic mass is 10.1. The summed E-state index contributed by atoms with van der Waals surface area (Å²) in [5.74, 6) is 0. The highest BCUT2D eigenvalue weighted by molar-refractivity contribution is 5.13. The van der Waals surface area contributed by atoms with Gasteiger partial charge in [-0.1, -0.05) is 18.9 Å². The van der Waals surface area contributed by atoms with Crippen molar-refractivity contribution in [1.82, 2.24) is 9.88 Å². The second-order valence-corrected chi connectivity index (χ2v) is 4.61. The van der Waals surface area contributed by atoms with E-state index >= 15 is 0 Å². The van der Waals surface area contributed by atoms with Crippen LogP contribution in [0.15, 0.2) is 24.5 Å². The molecule has 0 radical (unpaired) electrons. The molecule has 0 saturated carbocycles. The zero-order valence-corrected chi connectivity index (χ0v) is 9.81. The van der Waals surface area contributed by atoms with Gasteiger partial charge in [-0.15, -0.1) is 0 Å². The standard InChI is InChI=1S/C13H21N3/c14-13(12-6-5-7-15-10-12)11-16-8-3-1-2-4-9-16/h5-7,10,13H,1-4,8-9,11,14H2. The van der Waals surface area contributed by atoms with E-state index in [1.165, 1.54) is 38.8 Å². The van der Waals surface area contributed by atoms with Gasteiger partial charge in [-0.25, -0.2) is 0 Å². The number of nitrogens with two attached hydrogens (primary N) is 1. The topological polar surface area (TPSA) is 42.1 Å². The highest BCUT2D eigenvalue weighted by Crippen LogP contribution is 2.14. The zero-order valence-electron chi connectivity index (χ0n) is 9.81. The Hall–Kier alpha value is -0.930. The third-order valence-electron chi connectivity index (χ3n) is 3.27. The van der Waals surface area contributed by atoms with Gasteiger partial charge in [-0.3, -0.25) is 4.98 Å². The molecular weight excluding hydrogens is 198 g/mol. The third kappa shape index (κ3) is 3.29. The van der Waals surface area contributed by atoms with E-state index in [4.69, 9.17) is 5.73 Å². The first-order valence-corrected chi connectivity index (χ1v) is 6.24. The van der Waals surface area contributed by atoms with Crippen LogP contribution in [0.2, 0.25) is 0 Å². The second-order valence-electron chi connectivity index (χ2n) is 4.61. The number of likely N-dealkylation sites (tertiary alicyclic amines) is 1. The molecule has 2 N–H and O–H groups in total. The number of nitrogens with zero attached hydrogens (tertiary/aromatic N) is 2. The van der Waals surface area contributed by atoms with Gasteiger partial charge in [-0.05, 0) is 37.6 Å². The van der Waals surface area contributed by atoms with Crippen molar-refractivity contribution in [2.24, 2.45) is 5.73 Å². The van der Waals surface area contributed by atoms with Crippen LogP contribution in [0.3, 0.4) is 0 Å². The number of hydrogen-bond acceptors (Lipinski definition) is 3. The van der Waals surface area contributed by atoms with Gasteiger partial charge in [-0.2, -0.15) is 0 Å². The molecule has 1 fully saturated rings. The van der Waals surface area contributed by atoms with Crippen molar-refractivity contribution in [3.63, 3.8) is 0 Å². The van der Waals surface area contributed by atoms with Crippen LogP contribution in [0.5, 0.6) is 0 Å². The van der Waals surface area contributed by atoms with E-state index < -0.39 is 0 Å². The van der Waals surface area contributed by atoms with Crippen LogP contribution in [0, 0.1) is 0 Å². The summed E-state index contributed by atoms with van der Waals surface area (Å²) in [6.07, 6.45) is 9.06. The molecule has 2 rings (SSSR count). The molecule has 1 saturated heterocycles. The molecule has 0 spiro atoms. The Morgan fingerprint density at radius 3 is 2.62 bits per heavy atom. The summed E-state index contributed by atoms with van der Waals surface area (Å²) in [4.78, 5) is 6.61. The smallest absolute Gasteiger partial charge is 0.0439 e. The minimum Gasteiger partial charge on any atom is -0.323 e. The number of pyridine rings is 1. The molecule has 1 aliphatic rings. The van der Waals surface area contributed by atoms with Gasteiger partial charge in [0.05, 0.1) is 0 Å². The lowest BCUT2D eigenvalue weighted by Crippen LogP contribution is -2.33. The van der Waals surface area contributed by atoms with Crippen molar-refractivity contribution < 1.29 is 0 Å². The first-order chi connectivity index (χ1) is 7.86. The second kappa shape index (κ2) is 5.97. The molecule has 88 valence electrons. The summed E-state index contributed by atoms with van der Waals surface area (Å²) in [6, 6.07) is 4.12. The third-order valence-corrected chi connectivity index (χ3v) is 3.27. The van der Waals surface area contributed by atoms with Crippen LogP contribution in [0.1, 0.15) is 37.3 Å². The maximum Gasteiger partial charge on any atom is 0.0439 e. The molecular formula is C13H21N3. The summed E-state index contributed by atoms with van der Waals surface area (Å²) in [5, 5.41) is 0. The molecule has 1 atom stereocenters. The van der Waals surface area contributed by atoms with Crippen molar-refractivity contribution in [2.45, 2.75) is 31.7 Å². The van der Waals surface area contributed by atoms with Crippen LogP contribution < -0.4 is 5.73 Å². The Morgan fingerprint density at radius 2 is 2.00 bits per heavy atom. The van der Waals surface area contributed by atoms with Crippen molar-refractivity contribution in [3.8, 4) is 0 Å². The van der Waals surface area contributed by atoms with Crippen LogP contribution >= 0.6 is 0 Å². The van der Waals surface area contributed by atoms with Gasteiger partial charge in [0.1, 0.15) is 0 Å². The molecule has 0 amide bonds. The maximum absolute atomic E-state index is 6.20. The molecule has 3 heteroatoms. The van der Waals surface area contributed by atoms with E-state index in [0.29, 0.717) is 0 Å². The SMILES string of the molecule is NC(CN1CCCCCC1)c1cccnc1. The van der Waals surface area contributed by atoms with E-state index in [0.717, 1.165) is 12.1 Å². The van der Waals surface area contributed by atoms with Crippen molar-refractivity contribution >= 4 is 0 Å².